The van der Waals surface area contributed by atoms with Crippen LogP contribution < -0.4 is 5.73 Å². The van der Waals surface area contributed by atoms with E-state index in [1.54, 1.807) is 17.5 Å². The maximum absolute atomic E-state index is 5.78. The summed E-state index contributed by atoms with van der Waals surface area (Å²) in [6, 6.07) is 13.8. The average molecular weight is 267 g/mol. The van der Waals surface area contributed by atoms with Crippen LogP contribution in [-0.4, -0.2) is 9.97 Å². The molecule has 0 spiro atoms. The quantitative estimate of drug-likeness (QED) is 0.740. The third-order valence-electron chi connectivity index (χ3n) is 2.79. The van der Waals surface area contributed by atoms with Gasteiger partial charge >= 0.3 is 0 Å². The molecule has 3 nitrogen and oxygen atoms in total. The van der Waals surface area contributed by atoms with Crippen molar-refractivity contribution in [2.75, 3.05) is 5.73 Å². The molecule has 94 valence electrons. The highest BCUT2D eigenvalue weighted by molar-refractivity contribution is 7.10. The summed E-state index contributed by atoms with van der Waals surface area (Å²) in [4.78, 5) is 8.93. The third kappa shape index (κ3) is 2.80. The number of nitrogens with two attached hydrogens (primary N) is 1. The van der Waals surface area contributed by atoms with Crippen LogP contribution in [0.1, 0.15) is 10.6 Å². The number of nitrogens with zero attached hydrogens (tertiary/aromatic N) is 2. The molecule has 0 aliphatic heterocycles. The first-order valence-corrected chi connectivity index (χ1v) is 6.89. The van der Waals surface area contributed by atoms with E-state index in [0.29, 0.717) is 0 Å². The highest BCUT2D eigenvalue weighted by Gasteiger charge is 2.06. The molecule has 0 bridgehead atoms. The van der Waals surface area contributed by atoms with Crippen molar-refractivity contribution in [3.05, 3.63) is 64.6 Å². The zero-order chi connectivity index (χ0) is 13.1. The summed E-state index contributed by atoms with van der Waals surface area (Å²) in [6.45, 7) is 0. The van der Waals surface area contributed by atoms with Crippen LogP contribution in [0.3, 0.4) is 0 Å². The summed E-state index contributed by atoms with van der Waals surface area (Å²) in [5.41, 5.74) is 9.60. The second-order valence-corrected chi connectivity index (χ2v) is 5.21. The number of rotatable bonds is 3. The summed E-state index contributed by atoms with van der Waals surface area (Å²) < 4.78 is 0. The second kappa shape index (κ2) is 5.20. The first-order chi connectivity index (χ1) is 9.31. The molecule has 1 aromatic carbocycles. The molecule has 0 saturated carbocycles. The molecule has 2 heterocycles. The normalized spacial score (nSPS) is 10.5. The first-order valence-electron chi connectivity index (χ1n) is 6.01. The standard InChI is InChI=1S/C15H13N3S/c16-12-5-3-4-11(8-12)9-15-18-14(10-19-15)13-6-1-2-7-17-13/h1-8,10H,9,16H2. The van der Waals surface area contributed by atoms with Gasteiger partial charge in [0.05, 0.1) is 16.4 Å². The molecule has 0 atom stereocenters. The maximum Gasteiger partial charge on any atom is 0.0998 e. The van der Waals surface area contributed by atoms with Crippen molar-refractivity contribution in [3.8, 4) is 11.4 Å². The predicted molar refractivity (Wildman–Crippen MR) is 79.0 cm³/mol. The minimum atomic E-state index is 0.791. The van der Waals surface area contributed by atoms with Crippen molar-refractivity contribution < 1.29 is 0 Å². The molecular weight excluding hydrogens is 254 g/mol. The molecule has 0 amide bonds. The summed E-state index contributed by atoms with van der Waals surface area (Å²) in [6.07, 6.45) is 2.59. The van der Waals surface area contributed by atoms with E-state index in [9.17, 15) is 0 Å². The van der Waals surface area contributed by atoms with Gasteiger partial charge in [-0.1, -0.05) is 18.2 Å². The Bertz CT molecular complexity index is 677. The van der Waals surface area contributed by atoms with Crippen LogP contribution in [0.25, 0.3) is 11.4 Å². The van der Waals surface area contributed by atoms with Gasteiger partial charge < -0.3 is 5.73 Å². The Balaban J connectivity index is 1.82. The van der Waals surface area contributed by atoms with Gasteiger partial charge in [0.15, 0.2) is 0 Å². The lowest BCUT2D eigenvalue weighted by Gasteiger charge is -1.99. The molecule has 2 aromatic heterocycles. The number of pyridine rings is 1. The van der Waals surface area contributed by atoms with Gasteiger partial charge in [-0.05, 0) is 29.8 Å². The molecule has 0 saturated heterocycles. The molecular formula is C15H13N3S. The van der Waals surface area contributed by atoms with Crippen molar-refractivity contribution in [1.29, 1.82) is 0 Å². The second-order valence-electron chi connectivity index (χ2n) is 4.26. The molecule has 0 aliphatic rings. The Labute approximate surface area is 115 Å². The van der Waals surface area contributed by atoms with Crippen LogP contribution in [0.5, 0.6) is 0 Å². The fraction of sp³-hybridized carbons (Fsp3) is 0.0667. The summed E-state index contributed by atoms with van der Waals surface area (Å²) in [7, 11) is 0. The van der Waals surface area contributed by atoms with Crippen LogP contribution in [-0.2, 0) is 6.42 Å². The Hall–Kier alpha value is -2.20. The fourth-order valence-electron chi connectivity index (χ4n) is 1.90. The van der Waals surface area contributed by atoms with Crippen LogP contribution in [0.2, 0.25) is 0 Å². The SMILES string of the molecule is Nc1cccc(Cc2nc(-c3ccccn3)cs2)c1. The number of hydrogen-bond acceptors (Lipinski definition) is 4. The fourth-order valence-corrected chi connectivity index (χ4v) is 2.72. The van der Waals surface area contributed by atoms with Crippen molar-refractivity contribution >= 4 is 17.0 Å². The zero-order valence-electron chi connectivity index (χ0n) is 10.3. The van der Waals surface area contributed by atoms with Crippen molar-refractivity contribution in [2.24, 2.45) is 0 Å². The number of hydrogen-bond donors (Lipinski definition) is 1. The Kier molecular flexibility index (Phi) is 3.25. The van der Waals surface area contributed by atoms with Crippen LogP contribution >= 0.6 is 11.3 Å². The molecule has 19 heavy (non-hydrogen) atoms. The van der Waals surface area contributed by atoms with Gasteiger partial charge in [0.2, 0.25) is 0 Å². The minimum Gasteiger partial charge on any atom is -0.399 e. The largest absolute Gasteiger partial charge is 0.399 e. The van der Waals surface area contributed by atoms with Gasteiger partial charge in [0.1, 0.15) is 0 Å². The molecule has 3 rings (SSSR count). The van der Waals surface area contributed by atoms with Gasteiger partial charge in [0, 0.05) is 23.7 Å². The van der Waals surface area contributed by atoms with Crippen LogP contribution in [0, 0.1) is 0 Å². The van der Waals surface area contributed by atoms with E-state index in [1.807, 2.05) is 41.8 Å². The molecule has 3 aromatic rings. The predicted octanol–water partition coefficient (Wildman–Crippen LogP) is 3.38. The lowest BCUT2D eigenvalue weighted by Crippen LogP contribution is -1.91. The van der Waals surface area contributed by atoms with Crippen molar-refractivity contribution in [2.45, 2.75) is 6.42 Å². The van der Waals surface area contributed by atoms with E-state index in [4.69, 9.17) is 5.73 Å². The number of thiazole rings is 1. The summed E-state index contributed by atoms with van der Waals surface area (Å²) in [5.74, 6) is 0. The van der Waals surface area contributed by atoms with Gasteiger partial charge in [-0.2, -0.15) is 0 Å². The Morgan fingerprint density at radius 2 is 2.00 bits per heavy atom. The monoisotopic (exact) mass is 267 g/mol. The third-order valence-corrected chi connectivity index (χ3v) is 3.63. The Morgan fingerprint density at radius 1 is 1.05 bits per heavy atom. The Morgan fingerprint density at radius 3 is 2.79 bits per heavy atom. The topological polar surface area (TPSA) is 51.8 Å². The summed E-state index contributed by atoms with van der Waals surface area (Å²) >= 11 is 1.65. The summed E-state index contributed by atoms with van der Waals surface area (Å²) in [5, 5.41) is 3.12. The van der Waals surface area contributed by atoms with Crippen molar-refractivity contribution in [1.82, 2.24) is 9.97 Å². The number of anilines is 1. The zero-order valence-corrected chi connectivity index (χ0v) is 11.1. The van der Waals surface area contributed by atoms with E-state index >= 15 is 0 Å². The van der Waals surface area contributed by atoms with E-state index in [0.717, 1.165) is 28.5 Å². The molecule has 0 aliphatic carbocycles. The first kappa shape index (κ1) is 11.9. The van der Waals surface area contributed by atoms with Gasteiger partial charge in [-0.25, -0.2) is 4.98 Å². The van der Waals surface area contributed by atoms with E-state index in [1.165, 1.54) is 5.56 Å². The van der Waals surface area contributed by atoms with Crippen molar-refractivity contribution in [3.63, 3.8) is 0 Å². The van der Waals surface area contributed by atoms with E-state index < -0.39 is 0 Å². The lowest BCUT2D eigenvalue weighted by atomic mass is 10.1. The number of aromatic nitrogens is 2. The smallest absolute Gasteiger partial charge is 0.0998 e. The maximum atomic E-state index is 5.78. The van der Waals surface area contributed by atoms with Gasteiger partial charge in [0.25, 0.3) is 0 Å². The molecule has 2 N–H and O–H groups in total. The van der Waals surface area contributed by atoms with Gasteiger partial charge in [-0.15, -0.1) is 11.3 Å². The average Bonchev–Trinajstić information content (AvgIpc) is 2.88. The molecule has 4 heteroatoms. The highest BCUT2D eigenvalue weighted by atomic mass is 32.1. The molecule has 0 radical (unpaired) electrons. The molecule has 0 unspecified atom stereocenters. The van der Waals surface area contributed by atoms with Crippen LogP contribution in [0.4, 0.5) is 5.69 Å². The minimum absolute atomic E-state index is 0.791. The molecule has 0 fully saturated rings. The lowest BCUT2D eigenvalue weighted by molar-refractivity contribution is 1.13. The van der Waals surface area contributed by atoms with Crippen LogP contribution in [0.15, 0.2) is 54.0 Å². The highest BCUT2D eigenvalue weighted by Crippen LogP contribution is 2.22. The van der Waals surface area contributed by atoms with Gasteiger partial charge in [-0.3, -0.25) is 4.98 Å². The van der Waals surface area contributed by atoms with E-state index in [2.05, 4.69) is 16.0 Å². The number of nitrogen functional groups attached to an aromatic ring is 1. The van der Waals surface area contributed by atoms with E-state index in [-0.39, 0.29) is 0 Å². The number of benzene rings is 1.